The quantitative estimate of drug-likeness (QED) is 0.540. The molecule has 1 saturated heterocycles. The standard InChI is InChI=1S/C23H21N5O/c1-15-12-16(2)28(26-15)19-13-27(14-19)23(29)18-7-5-17(6-8-18)22-20-4-3-10-24-21(20)9-11-25-22/h3-12,19H,13-14H2,1-2H3. The minimum atomic E-state index is 0.0573. The van der Waals surface area contributed by atoms with Gasteiger partial charge in [0.15, 0.2) is 0 Å². The zero-order chi connectivity index (χ0) is 20.0. The van der Waals surface area contributed by atoms with Gasteiger partial charge < -0.3 is 4.90 Å². The molecule has 0 atom stereocenters. The van der Waals surface area contributed by atoms with Gasteiger partial charge in [-0.2, -0.15) is 5.10 Å². The highest BCUT2D eigenvalue weighted by atomic mass is 16.2. The summed E-state index contributed by atoms with van der Waals surface area (Å²) in [7, 11) is 0. The van der Waals surface area contributed by atoms with Gasteiger partial charge in [-0.15, -0.1) is 0 Å². The third-order valence-corrected chi connectivity index (χ3v) is 5.47. The highest BCUT2D eigenvalue weighted by molar-refractivity contribution is 5.96. The Bertz CT molecular complexity index is 1200. The van der Waals surface area contributed by atoms with Crippen LogP contribution in [0.2, 0.25) is 0 Å². The Morgan fingerprint density at radius 2 is 1.79 bits per heavy atom. The lowest BCUT2D eigenvalue weighted by Crippen LogP contribution is -2.51. The van der Waals surface area contributed by atoms with Crippen LogP contribution >= 0.6 is 0 Å². The molecule has 1 aliphatic rings. The predicted octanol–water partition coefficient (Wildman–Crippen LogP) is 3.81. The fourth-order valence-electron chi connectivity index (χ4n) is 3.98. The van der Waals surface area contributed by atoms with Gasteiger partial charge in [-0.05, 0) is 50.2 Å². The molecule has 144 valence electrons. The van der Waals surface area contributed by atoms with Gasteiger partial charge in [-0.25, -0.2) is 0 Å². The zero-order valence-electron chi connectivity index (χ0n) is 16.4. The topological polar surface area (TPSA) is 63.9 Å². The normalized spacial score (nSPS) is 14.2. The largest absolute Gasteiger partial charge is 0.334 e. The van der Waals surface area contributed by atoms with Crippen LogP contribution in [0.4, 0.5) is 0 Å². The molecular weight excluding hydrogens is 362 g/mol. The number of fused-ring (bicyclic) bond motifs is 1. The van der Waals surface area contributed by atoms with Crippen molar-refractivity contribution in [1.82, 2.24) is 24.6 Å². The van der Waals surface area contributed by atoms with E-state index in [-0.39, 0.29) is 11.9 Å². The van der Waals surface area contributed by atoms with Crippen molar-refractivity contribution < 1.29 is 4.79 Å². The maximum atomic E-state index is 12.8. The van der Waals surface area contributed by atoms with Crippen LogP contribution < -0.4 is 0 Å². The number of benzene rings is 1. The summed E-state index contributed by atoms with van der Waals surface area (Å²) in [4.78, 5) is 23.6. The lowest BCUT2D eigenvalue weighted by atomic mass is 10.0. The molecule has 4 heterocycles. The van der Waals surface area contributed by atoms with Gasteiger partial charge in [0.1, 0.15) is 0 Å². The number of hydrogen-bond donors (Lipinski definition) is 0. The molecule has 1 amide bonds. The summed E-state index contributed by atoms with van der Waals surface area (Å²) in [6.07, 6.45) is 3.54. The maximum Gasteiger partial charge on any atom is 0.253 e. The van der Waals surface area contributed by atoms with Crippen LogP contribution in [0.1, 0.15) is 27.8 Å². The molecule has 6 heteroatoms. The third kappa shape index (κ3) is 3.06. The van der Waals surface area contributed by atoms with E-state index >= 15 is 0 Å². The average Bonchev–Trinajstić information content (AvgIpc) is 3.04. The van der Waals surface area contributed by atoms with E-state index in [2.05, 4.69) is 28.1 Å². The Balaban J connectivity index is 1.33. The summed E-state index contributed by atoms with van der Waals surface area (Å²) >= 11 is 0. The van der Waals surface area contributed by atoms with Crippen molar-refractivity contribution in [2.75, 3.05) is 13.1 Å². The fourth-order valence-corrected chi connectivity index (χ4v) is 3.98. The minimum absolute atomic E-state index is 0.0573. The number of carbonyl (C=O) groups is 1. The molecule has 4 aromatic rings. The fraction of sp³-hybridized carbons (Fsp3) is 0.217. The Labute approximate surface area is 168 Å². The minimum Gasteiger partial charge on any atom is -0.334 e. The van der Waals surface area contributed by atoms with Gasteiger partial charge in [0.2, 0.25) is 0 Å². The Hall–Kier alpha value is -3.54. The third-order valence-electron chi connectivity index (χ3n) is 5.47. The molecule has 6 nitrogen and oxygen atoms in total. The summed E-state index contributed by atoms with van der Waals surface area (Å²) in [5.74, 6) is 0.0573. The van der Waals surface area contributed by atoms with E-state index in [1.54, 1.807) is 12.4 Å². The number of pyridine rings is 2. The van der Waals surface area contributed by atoms with Crippen molar-refractivity contribution in [2.24, 2.45) is 0 Å². The van der Waals surface area contributed by atoms with Crippen molar-refractivity contribution in [3.8, 4) is 11.3 Å². The van der Waals surface area contributed by atoms with Crippen LogP contribution in [0.25, 0.3) is 22.2 Å². The number of hydrogen-bond acceptors (Lipinski definition) is 4. The molecule has 0 unspecified atom stereocenters. The second-order valence-corrected chi connectivity index (χ2v) is 7.54. The van der Waals surface area contributed by atoms with Crippen LogP contribution in [-0.4, -0.2) is 43.6 Å². The summed E-state index contributed by atoms with van der Waals surface area (Å²) < 4.78 is 2.03. The lowest BCUT2D eigenvalue weighted by Gasteiger charge is -2.39. The SMILES string of the molecule is Cc1cc(C)n(C2CN(C(=O)c3ccc(-c4nccc5ncccc45)cc3)C2)n1. The van der Waals surface area contributed by atoms with Crippen LogP contribution in [0.5, 0.6) is 0 Å². The zero-order valence-corrected chi connectivity index (χ0v) is 16.4. The summed E-state index contributed by atoms with van der Waals surface area (Å²) in [6.45, 7) is 5.44. The Kier molecular flexibility index (Phi) is 4.12. The Morgan fingerprint density at radius 1 is 1.00 bits per heavy atom. The molecule has 0 saturated carbocycles. The first kappa shape index (κ1) is 17.6. The van der Waals surface area contributed by atoms with E-state index < -0.39 is 0 Å². The van der Waals surface area contributed by atoms with Crippen molar-refractivity contribution in [1.29, 1.82) is 0 Å². The molecule has 0 N–H and O–H groups in total. The molecule has 0 aliphatic carbocycles. The lowest BCUT2D eigenvalue weighted by molar-refractivity contribution is 0.0497. The number of aromatic nitrogens is 4. The highest BCUT2D eigenvalue weighted by Crippen LogP contribution is 2.27. The average molecular weight is 383 g/mol. The van der Waals surface area contributed by atoms with Crippen LogP contribution in [-0.2, 0) is 0 Å². The molecule has 0 radical (unpaired) electrons. The predicted molar refractivity (Wildman–Crippen MR) is 112 cm³/mol. The molecule has 1 aromatic carbocycles. The second kappa shape index (κ2) is 6.81. The van der Waals surface area contributed by atoms with Crippen LogP contribution in [0.15, 0.2) is 60.9 Å². The van der Waals surface area contributed by atoms with E-state index in [1.807, 2.05) is 59.0 Å². The van der Waals surface area contributed by atoms with E-state index in [0.717, 1.165) is 33.5 Å². The molecule has 29 heavy (non-hydrogen) atoms. The number of amides is 1. The molecule has 5 rings (SSSR count). The van der Waals surface area contributed by atoms with Gasteiger partial charge >= 0.3 is 0 Å². The van der Waals surface area contributed by atoms with E-state index in [0.29, 0.717) is 18.7 Å². The maximum absolute atomic E-state index is 12.8. The van der Waals surface area contributed by atoms with Crippen molar-refractivity contribution in [3.05, 3.63) is 77.9 Å². The molecule has 0 bridgehead atoms. The molecular formula is C23H21N5O. The summed E-state index contributed by atoms with van der Waals surface area (Å²) in [5.41, 5.74) is 5.61. The first-order valence-electron chi connectivity index (χ1n) is 9.72. The molecule has 0 spiro atoms. The monoisotopic (exact) mass is 383 g/mol. The summed E-state index contributed by atoms with van der Waals surface area (Å²) in [6, 6.07) is 15.8. The van der Waals surface area contributed by atoms with E-state index in [1.165, 1.54) is 0 Å². The number of rotatable bonds is 3. The molecule has 3 aromatic heterocycles. The first-order valence-corrected chi connectivity index (χ1v) is 9.72. The van der Waals surface area contributed by atoms with Crippen molar-refractivity contribution in [3.63, 3.8) is 0 Å². The first-order chi connectivity index (χ1) is 14.1. The second-order valence-electron chi connectivity index (χ2n) is 7.54. The smallest absolute Gasteiger partial charge is 0.253 e. The number of aryl methyl sites for hydroxylation is 2. The highest BCUT2D eigenvalue weighted by Gasteiger charge is 2.33. The number of carbonyl (C=O) groups excluding carboxylic acids is 1. The van der Waals surface area contributed by atoms with Crippen LogP contribution in [0, 0.1) is 13.8 Å². The van der Waals surface area contributed by atoms with Gasteiger partial charge in [0, 0.05) is 47.7 Å². The van der Waals surface area contributed by atoms with Gasteiger partial charge in [0.05, 0.1) is 22.9 Å². The van der Waals surface area contributed by atoms with Crippen LogP contribution in [0.3, 0.4) is 0 Å². The number of nitrogens with zero attached hydrogens (tertiary/aromatic N) is 5. The van der Waals surface area contributed by atoms with Crippen molar-refractivity contribution in [2.45, 2.75) is 19.9 Å². The van der Waals surface area contributed by atoms with E-state index in [9.17, 15) is 4.79 Å². The molecule has 1 fully saturated rings. The number of likely N-dealkylation sites (tertiary alicyclic amines) is 1. The van der Waals surface area contributed by atoms with Gasteiger partial charge in [0.25, 0.3) is 5.91 Å². The summed E-state index contributed by atoms with van der Waals surface area (Å²) in [5, 5.41) is 5.54. The molecule has 1 aliphatic heterocycles. The Morgan fingerprint density at radius 3 is 2.52 bits per heavy atom. The van der Waals surface area contributed by atoms with Gasteiger partial charge in [-0.1, -0.05) is 12.1 Å². The van der Waals surface area contributed by atoms with Gasteiger partial charge in [-0.3, -0.25) is 19.4 Å². The van der Waals surface area contributed by atoms with Crippen molar-refractivity contribution >= 4 is 16.8 Å². The van der Waals surface area contributed by atoms with E-state index in [4.69, 9.17) is 0 Å².